The lowest BCUT2D eigenvalue weighted by Gasteiger charge is -2.15. The minimum absolute atomic E-state index is 0.142. The number of ether oxygens (including phenoxy) is 1. The highest BCUT2D eigenvalue weighted by Crippen LogP contribution is 1.97. The summed E-state index contributed by atoms with van der Waals surface area (Å²) in [5.41, 5.74) is 0. The zero-order valence-electron chi connectivity index (χ0n) is 6.45. The number of hydrogen-bond donors (Lipinski definition) is 1. The maximum Gasteiger partial charge on any atom is 0.317 e. The largest absolute Gasteiger partial charge is 0.480 e. The van der Waals surface area contributed by atoms with E-state index < -0.39 is 5.97 Å². The molecule has 1 N–H and O–H groups in total. The molecule has 1 aliphatic rings. The van der Waals surface area contributed by atoms with Crippen LogP contribution in [0.4, 0.5) is 0 Å². The Kier molecular flexibility index (Phi) is 3.32. The fourth-order valence-electron chi connectivity index (χ4n) is 1.15. The number of carboxylic acids is 1. The van der Waals surface area contributed by atoms with E-state index in [0.717, 1.165) is 26.1 Å². The highest BCUT2D eigenvalue weighted by molar-refractivity contribution is 5.69. The van der Waals surface area contributed by atoms with Crippen molar-refractivity contribution in [2.24, 2.45) is 0 Å². The van der Waals surface area contributed by atoms with E-state index in [1.807, 2.05) is 4.90 Å². The van der Waals surface area contributed by atoms with Crippen LogP contribution in [0.3, 0.4) is 0 Å². The number of rotatable bonds is 2. The van der Waals surface area contributed by atoms with Crippen LogP contribution in [0.25, 0.3) is 0 Å². The van der Waals surface area contributed by atoms with Crippen LogP contribution in [0.1, 0.15) is 6.42 Å². The predicted octanol–water partition coefficient (Wildman–Crippen LogP) is -0.207. The van der Waals surface area contributed by atoms with Crippen LogP contribution in [0, 0.1) is 0 Å². The Hall–Kier alpha value is -0.610. The van der Waals surface area contributed by atoms with E-state index in [1.54, 1.807) is 0 Å². The third-order valence-electron chi connectivity index (χ3n) is 1.67. The maximum absolute atomic E-state index is 10.3. The van der Waals surface area contributed by atoms with E-state index in [1.165, 1.54) is 0 Å². The molecule has 0 saturated carbocycles. The average Bonchev–Trinajstić information content (AvgIpc) is 2.14. The Balaban J connectivity index is 2.25. The fourth-order valence-corrected chi connectivity index (χ4v) is 1.15. The van der Waals surface area contributed by atoms with Crippen molar-refractivity contribution in [3.8, 4) is 0 Å². The first-order valence-electron chi connectivity index (χ1n) is 3.81. The molecular formula is C7H13NO3. The second-order valence-electron chi connectivity index (χ2n) is 2.64. The van der Waals surface area contributed by atoms with Crippen LogP contribution >= 0.6 is 0 Å². The second kappa shape index (κ2) is 4.31. The molecule has 0 aromatic carbocycles. The molecule has 1 fully saturated rings. The fraction of sp³-hybridized carbons (Fsp3) is 0.857. The molecule has 64 valence electrons. The second-order valence-corrected chi connectivity index (χ2v) is 2.64. The number of nitrogens with zero attached hydrogens (tertiary/aromatic N) is 1. The predicted molar refractivity (Wildman–Crippen MR) is 39.5 cm³/mol. The van der Waals surface area contributed by atoms with Crippen LogP contribution in [0.15, 0.2) is 0 Å². The van der Waals surface area contributed by atoms with Gasteiger partial charge in [-0.15, -0.1) is 0 Å². The molecule has 0 aromatic rings. The van der Waals surface area contributed by atoms with Crippen LogP contribution in [-0.2, 0) is 9.53 Å². The van der Waals surface area contributed by atoms with E-state index in [0.29, 0.717) is 6.61 Å². The van der Waals surface area contributed by atoms with Gasteiger partial charge in [0.15, 0.2) is 0 Å². The molecule has 0 aliphatic carbocycles. The average molecular weight is 159 g/mol. The molecule has 1 saturated heterocycles. The van der Waals surface area contributed by atoms with Crippen molar-refractivity contribution >= 4 is 5.97 Å². The van der Waals surface area contributed by atoms with E-state index in [-0.39, 0.29) is 6.54 Å². The summed E-state index contributed by atoms with van der Waals surface area (Å²) >= 11 is 0. The monoisotopic (exact) mass is 159 g/mol. The smallest absolute Gasteiger partial charge is 0.317 e. The van der Waals surface area contributed by atoms with Crippen molar-refractivity contribution < 1.29 is 14.6 Å². The highest BCUT2D eigenvalue weighted by Gasteiger charge is 2.11. The topological polar surface area (TPSA) is 49.8 Å². The normalized spacial score (nSPS) is 21.1. The van der Waals surface area contributed by atoms with Gasteiger partial charge in [-0.1, -0.05) is 0 Å². The van der Waals surface area contributed by atoms with Crippen LogP contribution in [0.5, 0.6) is 0 Å². The van der Waals surface area contributed by atoms with Gasteiger partial charge in [-0.25, -0.2) is 0 Å². The van der Waals surface area contributed by atoms with Crippen molar-refractivity contribution in [3.63, 3.8) is 0 Å². The summed E-state index contributed by atoms with van der Waals surface area (Å²) in [6.45, 7) is 3.14. The van der Waals surface area contributed by atoms with Gasteiger partial charge >= 0.3 is 5.97 Å². The number of aliphatic carboxylic acids is 1. The van der Waals surface area contributed by atoms with Crippen molar-refractivity contribution in [2.75, 3.05) is 32.8 Å². The molecule has 4 nitrogen and oxygen atoms in total. The first-order valence-corrected chi connectivity index (χ1v) is 3.81. The lowest BCUT2D eigenvalue weighted by Crippen LogP contribution is -2.31. The maximum atomic E-state index is 10.3. The number of carboxylic acid groups (broad SMARTS) is 1. The molecule has 0 amide bonds. The van der Waals surface area contributed by atoms with Crippen LogP contribution < -0.4 is 0 Å². The minimum atomic E-state index is -0.758. The Bertz CT molecular complexity index is 130. The molecule has 0 radical (unpaired) electrons. The van der Waals surface area contributed by atoms with Gasteiger partial charge in [0, 0.05) is 19.7 Å². The van der Waals surface area contributed by atoms with Gasteiger partial charge in [0.05, 0.1) is 13.2 Å². The van der Waals surface area contributed by atoms with Gasteiger partial charge in [0.1, 0.15) is 0 Å². The Morgan fingerprint density at radius 2 is 2.27 bits per heavy atom. The standard InChI is InChI=1S/C7H13NO3/c9-7(10)6-8-2-1-4-11-5-3-8/h1-6H2,(H,9,10). The summed E-state index contributed by atoms with van der Waals surface area (Å²) in [4.78, 5) is 12.2. The molecule has 0 aromatic heterocycles. The molecule has 0 atom stereocenters. The summed E-state index contributed by atoms with van der Waals surface area (Å²) in [5, 5.41) is 8.48. The summed E-state index contributed by atoms with van der Waals surface area (Å²) in [5.74, 6) is -0.758. The first-order chi connectivity index (χ1) is 5.29. The number of carbonyl (C=O) groups is 1. The van der Waals surface area contributed by atoms with E-state index in [4.69, 9.17) is 9.84 Å². The molecule has 4 heteroatoms. The van der Waals surface area contributed by atoms with Crippen molar-refractivity contribution in [3.05, 3.63) is 0 Å². The van der Waals surface area contributed by atoms with E-state index >= 15 is 0 Å². The molecule has 1 aliphatic heterocycles. The summed E-state index contributed by atoms with van der Waals surface area (Å²) in [6.07, 6.45) is 0.938. The third kappa shape index (κ3) is 3.34. The zero-order valence-corrected chi connectivity index (χ0v) is 6.45. The summed E-state index contributed by atoms with van der Waals surface area (Å²) in [7, 11) is 0. The lowest BCUT2D eigenvalue weighted by molar-refractivity contribution is -0.138. The SMILES string of the molecule is O=C(O)CN1CCCOCC1. The molecule has 1 heterocycles. The summed E-state index contributed by atoms with van der Waals surface area (Å²) in [6, 6.07) is 0. The molecule has 0 bridgehead atoms. The zero-order chi connectivity index (χ0) is 8.10. The molecular weight excluding hydrogens is 146 g/mol. The van der Waals surface area contributed by atoms with Crippen molar-refractivity contribution in [1.29, 1.82) is 0 Å². The van der Waals surface area contributed by atoms with Crippen molar-refractivity contribution in [1.82, 2.24) is 4.90 Å². The van der Waals surface area contributed by atoms with E-state index in [9.17, 15) is 4.79 Å². The highest BCUT2D eigenvalue weighted by atomic mass is 16.5. The lowest BCUT2D eigenvalue weighted by atomic mass is 10.4. The quantitative estimate of drug-likeness (QED) is 0.606. The van der Waals surface area contributed by atoms with Crippen LogP contribution in [0.2, 0.25) is 0 Å². The van der Waals surface area contributed by atoms with Gasteiger partial charge in [0.25, 0.3) is 0 Å². The first kappa shape index (κ1) is 8.49. The van der Waals surface area contributed by atoms with Gasteiger partial charge in [-0.05, 0) is 6.42 Å². The Morgan fingerprint density at radius 3 is 3.00 bits per heavy atom. The van der Waals surface area contributed by atoms with Crippen molar-refractivity contribution in [2.45, 2.75) is 6.42 Å². The Morgan fingerprint density at radius 1 is 1.45 bits per heavy atom. The molecule has 0 spiro atoms. The number of hydrogen-bond acceptors (Lipinski definition) is 3. The van der Waals surface area contributed by atoms with Gasteiger partial charge in [0.2, 0.25) is 0 Å². The van der Waals surface area contributed by atoms with E-state index in [2.05, 4.69) is 0 Å². The molecule has 11 heavy (non-hydrogen) atoms. The van der Waals surface area contributed by atoms with Gasteiger partial charge < -0.3 is 9.84 Å². The molecule has 1 rings (SSSR count). The Labute approximate surface area is 65.8 Å². The molecule has 0 unspecified atom stereocenters. The van der Waals surface area contributed by atoms with Crippen LogP contribution in [-0.4, -0.2) is 48.8 Å². The van der Waals surface area contributed by atoms with Gasteiger partial charge in [-0.2, -0.15) is 0 Å². The van der Waals surface area contributed by atoms with Gasteiger partial charge in [-0.3, -0.25) is 9.69 Å². The summed E-state index contributed by atoms with van der Waals surface area (Å²) < 4.78 is 5.17. The third-order valence-corrected chi connectivity index (χ3v) is 1.67. The minimum Gasteiger partial charge on any atom is -0.480 e.